The van der Waals surface area contributed by atoms with Crippen LogP contribution in [0.2, 0.25) is 5.02 Å². The minimum absolute atomic E-state index is 0.00111. The van der Waals surface area contributed by atoms with Crippen molar-refractivity contribution in [3.63, 3.8) is 0 Å². The van der Waals surface area contributed by atoms with Gasteiger partial charge in [0.05, 0.1) is 6.10 Å². The van der Waals surface area contributed by atoms with Crippen LogP contribution >= 0.6 is 11.6 Å². The zero-order valence-electron chi connectivity index (χ0n) is 17.2. The second kappa shape index (κ2) is 10.2. The van der Waals surface area contributed by atoms with E-state index in [9.17, 15) is 9.59 Å². The van der Waals surface area contributed by atoms with Crippen molar-refractivity contribution in [2.45, 2.75) is 38.8 Å². The Kier molecular flexibility index (Phi) is 7.61. The average Bonchev–Trinajstić information content (AvgIpc) is 3.24. The number of benzene rings is 1. The Bertz CT molecular complexity index is 684. The second-order valence-corrected chi connectivity index (χ2v) is 8.44. The van der Waals surface area contributed by atoms with E-state index in [1.165, 1.54) is 0 Å². The van der Waals surface area contributed by atoms with E-state index in [0.29, 0.717) is 24.7 Å². The first-order chi connectivity index (χ1) is 13.9. The van der Waals surface area contributed by atoms with Gasteiger partial charge in [-0.3, -0.25) is 4.79 Å². The number of nitrogens with one attached hydrogen (secondary N) is 2. The Morgan fingerprint density at radius 2 is 1.86 bits per heavy atom. The van der Waals surface area contributed by atoms with Gasteiger partial charge in [0.1, 0.15) is 6.04 Å². The highest BCUT2D eigenvalue weighted by Crippen LogP contribution is 2.19. The van der Waals surface area contributed by atoms with Gasteiger partial charge in [0, 0.05) is 50.0 Å². The molecule has 29 heavy (non-hydrogen) atoms. The molecule has 0 unspecified atom stereocenters. The van der Waals surface area contributed by atoms with Crippen LogP contribution in [-0.4, -0.2) is 68.3 Å². The molecule has 3 amide bonds. The number of hydrogen-bond acceptors (Lipinski definition) is 4. The second-order valence-electron chi connectivity index (χ2n) is 8.00. The van der Waals surface area contributed by atoms with Crippen molar-refractivity contribution < 1.29 is 14.3 Å². The predicted octanol–water partition coefficient (Wildman–Crippen LogP) is 2.49. The number of halogens is 1. The molecule has 2 heterocycles. The number of urea groups is 1. The topological polar surface area (TPSA) is 73.9 Å². The molecule has 160 valence electrons. The molecule has 1 aromatic rings. The molecule has 2 N–H and O–H groups in total. The van der Waals surface area contributed by atoms with Gasteiger partial charge in [-0.2, -0.15) is 0 Å². The first-order valence-electron chi connectivity index (χ1n) is 10.4. The predicted molar refractivity (Wildman–Crippen MR) is 114 cm³/mol. The van der Waals surface area contributed by atoms with Crippen LogP contribution in [0.15, 0.2) is 24.3 Å². The molecule has 2 atom stereocenters. The minimum Gasteiger partial charge on any atom is -0.376 e. The summed E-state index contributed by atoms with van der Waals surface area (Å²) in [7, 11) is 0. The SMILES string of the molecule is CC(C)[C@H](NC(=O)N1CCN(c2ccc(Cl)cc2)CC1)C(=O)NC[C@@H]1CCCO1. The Morgan fingerprint density at radius 3 is 2.45 bits per heavy atom. The number of rotatable bonds is 6. The van der Waals surface area contributed by atoms with Crippen LogP contribution in [0.3, 0.4) is 0 Å². The highest BCUT2D eigenvalue weighted by atomic mass is 35.5. The van der Waals surface area contributed by atoms with Crippen molar-refractivity contribution in [3.05, 3.63) is 29.3 Å². The minimum atomic E-state index is -0.557. The summed E-state index contributed by atoms with van der Waals surface area (Å²) in [5, 5.41) is 6.57. The number of hydrogen-bond donors (Lipinski definition) is 2. The number of carbonyl (C=O) groups is 2. The van der Waals surface area contributed by atoms with Crippen LogP contribution in [0.1, 0.15) is 26.7 Å². The van der Waals surface area contributed by atoms with Gasteiger partial charge >= 0.3 is 6.03 Å². The van der Waals surface area contributed by atoms with Gasteiger partial charge in [-0.25, -0.2) is 4.79 Å². The van der Waals surface area contributed by atoms with Gasteiger partial charge in [0.25, 0.3) is 0 Å². The Morgan fingerprint density at radius 1 is 1.17 bits per heavy atom. The molecule has 0 bridgehead atoms. The number of carbonyl (C=O) groups excluding carboxylic acids is 2. The molecule has 2 aliphatic heterocycles. The van der Waals surface area contributed by atoms with Crippen molar-refractivity contribution in [2.75, 3.05) is 44.2 Å². The number of nitrogens with zero attached hydrogens (tertiary/aromatic N) is 2. The monoisotopic (exact) mass is 422 g/mol. The molecule has 1 aromatic carbocycles. The van der Waals surface area contributed by atoms with Crippen LogP contribution in [0.5, 0.6) is 0 Å². The van der Waals surface area contributed by atoms with Crippen LogP contribution in [-0.2, 0) is 9.53 Å². The molecule has 3 rings (SSSR count). The molecule has 0 aliphatic carbocycles. The smallest absolute Gasteiger partial charge is 0.318 e. The van der Waals surface area contributed by atoms with Gasteiger partial charge in [0.2, 0.25) is 5.91 Å². The van der Waals surface area contributed by atoms with Crippen LogP contribution in [0, 0.1) is 5.92 Å². The maximum Gasteiger partial charge on any atom is 0.318 e. The molecular formula is C21H31ClN4O3. The van der Waals surface area contributed by atoms with Crippen molar-refractivity contribution in [1.29, 1.82) is 0 Å². The summed E-state index contributed by atoms with van der Waals surface area (Å²) < 4.78 is 5.55. The average molecular weight is 423 g/mol. The van der Waals surface area contributed by atoms with E-state index >= 15 is 0 Å². The Balaban J connectivity index is 1.48. The van der Waals surface area contributed by atoms with Gasteiger partial charge in [-0.05, 0) is 43.0 Å². The highest BCUT2D eigenvalue weighted by molar-refractivity contribution is 6.30. The fourth-order valence-electron chi connectivity index (χ4n) is 3.71. The molecule has 2 fully saturated rings. The lowest BCUT2D eigenvalue weighted by molar-refractivity contribution is -0.124. The van der Waals surface area contributed by atoms with Gasteiger partial charge < -0.3 is 25.2 Å². The van der Waals surface area contributed by atoms with E-state index in [2.05, 4.69) is 15.5 Å². The summed E-state index contributed by atoms with van der Waals surface area (Å²) in [4.78, 5) is 29.3. The lowest BCUT2D eigenvalue weighted by Crippen LogP contribution is -2.57. The normalized spacial score (nSPS) is 20.6. The lowest BCUT2D eigenvalue weighted by atomic mass is 10.0. The Labute approximate surface area is 177 Å². The largest absolute Gasteiger partial charge is 0.376 e. The zero-order chi connectivity index (χ0) is 20.8. The maximum atomic E-state index is 12.7. The third kappa shape index (κ3) is 6.00. The standard InChI is InChI=1S/C21H31ClN4O3/c1-15(2)19(20(27)23-14-18-4-3-13-29-18)24-21(28)26-11-9-25(10-12-26)17-7-5-16(22)6-8-17/h5-8,15,18-19H,3-4,9-14H2,1-2H3,(H,23,27)(H,24,28)/t18-,19-/m0/s1. The zero-order valence-corrected chi connectivity index (χ0v) is 18.0. The quantitative estimate of drug-likeness (QED) is 0.738. The molecule has 8 heteroatoms. The summed E-state index contributed by atoms with van der Waals surface area (Å²) in [5.41, 5.74) is 1.10. The molecule has 0 aromatic heterocycles. The summed E-state index contributed by atoms with van der Waals surface area (Å²) in [6, 6.07) is 6.98. The van der Waals surface area contributed by atoms with Crippen molar-refractivity contribution in [2.24, 2.45) is 5.92 Å². The molecule has 2 saturated heterocycles. The highest BCUT2D eigenvalue weighted by Gasteiger charge is 2.29. The maximum absolute atomic E-state index is 12.7. The summed E-state index contributed by atoms with van der Waals surface area (Å²) >= 11 is 5.95. The van der Waals surface area contributed by atoms with Crippen molar-refractivity contribution in [3.8, 4) is 0 Å². The van der Waals surface area contributed by atoms with E-state index in [1.807, 2.05) is 38.1 Å². The Hall–Kier alpha value is -1.99. The van der Waals surface area contributed by atoms with Gasteiger partial charge in [0.15, 0.2) is 0 Å². The van der Waals surface area contributed by atoms with Crippen LogP contribution < -0.4 is 15.5 Å². The molecule has 2 aliphatic rings. The number of ether oxygens (including phenoxy) is 1. The number of piperazine rings is 1. The summed E-state index contributed by atoms with van der Waals surface area (Å²) in [6.45, 7) is 7.83. The van der Waals surface area contributed by atoms with E-state index in [-0.39, 0.29) is 24.0 Å². The summed E-state index contributed by atoms with van der Waals surface area (Å²) in [5.74, 6) is -0.151. The van der Waals surface area contributed by atoms with Crippen molar-refractivity contribution in [1.82, 2.24) is 15.5 Å². The lowest BCUT2D eigenvalue weighted by Gasteiger charge is -2.37. The fraction of sp³-hybridized carbons (Fsp3) is 0.619. The molecule has 7 nitrogen and oxygen atoms in total. The molecule has 0 spiro atoms. The van der Waals surface area contributed by atoms with Crippen LogP contribution in [0.25, 0.3) is 0 Å². The van der Waals surface area contributed by atoms with E-state index in [0.717, 1.165) is 38.2 Å². The van der Waals surface area contributed by atoms with Gasteiger partial charge in [-0.15, -0.1) is 0 Å². The third-order valence-corrected chi connectivity index (χ3v) is 5.77. The van der Waals surface area contributed by atoms with E-state index in [4.69, 9.17) is 16.3 Å². The number of anilines is 1. The third-order valence-electron chi connectivity index (χ3n) is 5.51. The molecule has 0 radical (unpaired) electrons. The van der Waals surface area contributed by atoms with E-state index < -0.39 is 6.04 Å². The van der Waals surface area contributed by atoms with E-state index in [1.54, 1.807) is 4.90 Å². The van der Waals surface area contributed by atoms with Crippen LogP contribution in [0.4, 0.5) is 10.5 Å². The van der Waals surface area contributed by atoms with Crippen molar-refractivity contribution >= 4 is 29.2 Å². The first-order valence-corrected chi connectivity index (χ1v) is 10.8. The summed E-state index contributed by atoms with van der Waals surface area (Å²) in [6.07, 6.45) is 2.09. The van der Waals surface area contributed by atoms with Gasteiger partial charge in [-0.1, -0.05) is 25.4 Å². The number of amides is 3. The molecular weight excluding hydrogens is 392 g/mol. The molecule has 0 saturated carbocycles. The fourth-order valence-corrected chi connectivity index (χ4v) is 3.83. The first kappa shape index (κ1) is 21.7.